The monoisotopic (exact) mass is 424 g/mol. The number of nitrogens with two attached hydrogens (primary N) is 1. The highest BCUT2D eigenvalue weighted by atomic mass is 32.2. The fraction of sp³-hybridized carbons (Fsp3) is 0.333. The molecular weight excluding hydrogens is 396 g/mol. The van der Waals surface area contributed by atoms with Crippen LogP contribution in [-0.4, -0.2) is 42.2 Å². The molecule has 0 aliphatic carbocycles. The van der Waals surface area contributed by atoms with Gasteiger partial charge in [0.1, 0.15) is 11.9 Å². The summed E-state index contributed by atoms with van der Waals surface area (Å²) in [6.07, 6.45) is 3.53. The molecule has 158 valence electrons. The van der Waals surface area contributed by atoms with E-state index in [1.54, 1.807) is 29.4 Å². The molecule has 2 aromatic rings. The fourth-order valence-corrected chi connectivity index (χ4v) is 3.79. The smallest absolute Gasteiger partial charge is 0.255 e. The topological polar surface area (TPSA) is 72.6 Å². The van der Waals surface area contributed by atoms with E-state index in [0.29, 0.717) is 23.6 Å². The normalized spacial score (nSPS) is 14.9. The number of carbonyl (C=O) groups excluding carboxylic acids is 2. The highest BCUT2D eigenvalue weighted by Crippen LogP contribution is 2.32. The number of benzene rings is 2. The Hall–Kier alpha value is -2.73. The molecule has 0 radical (unpaired) electrons. The molecule has 0 bridgehead atoms. The number of para-hydroxylation sites is 1. The van der Waals surface area contributed by atoms with Gasteiger partial charge in [0.15, 0.2) is 0 Å². The third-order valence-corrected chi connectivity index (χ3v) is 5.80. The van der Waals surface area contributed by atoms with Crippen molar-refractivity contribution in [2.45, 2.75) is 32.3 Å². The molecule has 6 heteroatoms. The lowest BCUT2D eigenvalue weighted by molar-refractivity contribution is -0.113. The summed E-state index contributed by atoms with van der Waals surface area (Å²) in [5, 5.41) is 0. The predicted octanol–water partition coefficient (Wildman–Crippen LogP) is 4.08. The lowest BCUT2D eigenvalue weighted by Crippen LogP contribution is -2.56. The Morgan fingerprint density at radius 2 is 1.73 bits per heavy atom. The maximum Gasteiger partial charge on any atom is 0.255 e. The van der Waals surface area contributed by atoms with Crippen LogP contribution in [0.4, 0.5) is 0 Å². The van der Waals surface area contributed by atoms with Gasteiger partial charge in [0.25, 0.3) is 11.8 Å². The van der Waals surface area contributed by atoms with Gasteiger partial charge in [0.2, 0.25) is 0 Å². The van der Waals surface area contributed by atoms with Crippen LogP contribution in [0.5, 0.6) is 5.75 Å². The zero-order chi connectivity index (χ0) is 21.9. The van der Waals surface area contributed by atoms with Crippen LogP contribution < -0.4 is 10.5 Å². The molecule has 1 saturated heterocycles. The summed E-state index contributed by atoms with van der Waals surface area (Å²) in [6.45, 7) is 7.62. The van der Waals surface area contributed by atoms with E-state index in [4.69, 9.17) is 10.5 Å². The summed E-state index contributed by atoms with van der Waals surface area (Å²) in [7, 11) is 0. The lowest BCUT2D eigenvalue weighted by atomic mass is 9.86. The minimum absolute atomic E-state index is 0.000592. The van der Waals surface area contributed by atoms with E-state index in [-0.39, 0.29) is 17.4 Å². The van der Waals surface area contributed by atoms with E-state index in [0.717, 1.165) is 11.3 Å². The first-order valence-corrected chi connectivity index (χ1v) is 11.1. The van der Waals surface area contributed by atoms with Crippen molar-refractivity contribution < 1.29 is 14.3 Å². The molecule has 0 spiro atoms. The second-order valence-corrected chi connectivity index (χ2v) is 9.24. The van der Waals surface area contributed by atoms with Crippen LogP contribution in [0.15, 0.2) is 53.4 Å². The van der Waals surface area contributed by atoms with Crippen molar-refractivity contribution in [3.05, 3.63) is 70.1 Å². The summed E-state index contributed by atoms with van der Waals surface area (Å²) in [4.78, 5) is 26.3. The van der Waals surface area contributed by atoms with Gasteiger partial charge in [-0.15, -0.1) is 11.8 Å². The summed E-state index contributed by atoms with van der Waals surface area (Å²) < 4.78 is 6.17. The fourth-order valence-electron chi connectivity index (χ4n) is 3.33. The molecule has 2 N–H and O–H groups in total. The van der Waals surface area contributed by atoms with Crippen LogP contribution in [0.1, 0.15) is 42.3 Å². The van der Waals surface area contributed by atoms with Crippen molar-refractivity contribution in [3.63, 3.8) is 0 Å². The summed E-state index contributed by atoms with van der Waals surface area (Å²) in [5.41, 5.74) is 7.95. The van der Waals surface area contributed by atoms with Gasteiger partial charge in [-0.1, -0.05) is 51.1 Å². The van der Waals surface area contributed by atoms with E-state index in [1.165, 1.54) is 17.3 Å². The lowest BCUT2D eigenvalue weighted by Gasteiger charge is -2.39. The number of nitrogens with zero attached hydrogens (tertiary/aromatic N) is 1. The maximum atomic E-state index is 12.7. The molecule has 0 unspecified atom stereocenters. The first-order valence-electron chi connectivity index (χ1n) is 9.90. The van der Waals surface area contributed by atoms with Crippen molar-refractivity contribution in [1.82, 2.24) is 4.90 Å². The average Bonchev–Trinajstić information content (AvgIpc) is 2.68. The molecule has 2 amide bonds. The number of rotatable bonds is 6. The van der Waals surface area contributed by atoms with Crippen molar-refractivity contribution in [2.75, 3.05) is 19.3 Å². The number of ether oxygens (including phenoxy) is 1. The predicted molar refractivity (Wildman–Crippen MR) is 123 cm³/mol. The Morgan fingerprint density at radius 1 is 1.10 bits per heavy atom. The zero-order valence-corrected chi connectivity index (χ0v) is 18.7. The van der Waals surface area contributed by atoms with Gasteiger partial charge in [0.05, 0.1) is 18.0 Å². The van der Waals surface area contributed by atoms with E-state index in [9.17, 15) is 9.59 Å². The van der Waals surface area contributed by atoms with Gasteiger partial charge in [-0.05, 0) is 47.1 Å². The molecule has 1 fully saturated rings. The van der Waals surface area contributed by atoms with Crippen molar-refractivity contribution in [3.8, 4) is 5.75 Å². The van der Waals surface area contributed by atoms with Crippen LogP contribution in [0, 0.1) is 0 Å². The highest BCUT2D eigenvalue weighted by molar-refractivity contribution is 8.03. The molecule has 2 aromatic carbocycles. The van der Waals surface area contributed by atoms with Crippen molar-refractivity contribution >= 4 is 29.7 Å². The highest BCUT2D eigenvalue weighted by Gasteiger charge is 2.33. The van der Waals surface area contributed by atoms with E-state index < -0.39 is 5.91 Å². The molecule has 1 aliphatic heterocycles. The molecule has 0 atom stereocenters. The number of likely N-dealkylation sites (tertiary alicyclic amines) is 1. The Balaban J connectivity index is 1.60. The molecular formula is C24H28N2O3S. The summed E-state index contributed by atoms with van der Waals surface area (Å²) in [5.74, 6) is 0.411. The molecule has 0 aromatic heterocycles. The molecule has 0 saturated carbocycles. The first kappa shape index (κ1) is 22.0. The standard InChI is InChI=1S/C24H28N2O3S/c1-24(2,3)19-7-5-6-8-20(19)29-18-14-26(15-18)23(28)17-11-9-16(10-12-17)13-21(30-4)22(25)27/h5-13,18H,14-15H2,1-4H3,(H2,25,27)/b21-13-. The zero-order valence-electron chi connectivity index (χ0n) is 17.8. The molecule has 5 nitrogen and oxygen atoms in total. The Bertz CT molecular complexity index is 955. The van der Waals surface area contributed by atoms with Gasteiger partial charge < -0.3 is 15.4 Å². The first-order chi connectivity index (χ1) is 14.2. The van der Waals surface area contributed by atoms with Crippen LogP contribution in [0.2, 0.25) is 0 Å². The number of hydrogen-bond acceptors (Lipinski definition) is 4. The SMILES string of the molecule is CS/C(=C\c1ccc(C(=O)N2CC(Oc3ccccc3C(C)(C)C)C2)cc1)C(N)=O. The number of hydrogen-bond donors (Lipinski definition) is 1. The molecule has 3 rings (SSSR count). The van der Waals surface area contributed by atoms with E-state index >= 15 is 0 Å². The number of carbonyl (C=O) groups is 2. The second kappa shape index (κ2) is 8.96. The van der Waals surface area contributed by atoms with E-state index in [2.05, 4.69) is 26.8 Å². The van der Waals surface area contributed by atoms with Gasteiger partial charge in [-0.3, -0.25) is 9.59 Å². The van der Waals surface area contributed by atoms with Crippen molar-refractivity contribution in [1.29, 1.82) is 0 Å². The third kappa shape index (κ3) is 5.05. The van der Waals surface area contributed by atoms with Crippen LogP contribution >= 0.6 is 11.8 Å². The van der Waals surface area contributed by atoms with Gasteiger partial charge >= 0.3 is 0 Å². The van der Waals surface area contributed by atoms with Crippen LogP contribution in [-0.2, 0) is 10.2 Å². The quantitative estimate of drug-likeness (QED) is 0.710. The van der Waals surface area contributed by atoms with Crippen molar-refractivity contribution in [2.24, 2.45) is 5.73 Å². The number of amides is 2. The van der Waals surface area contributed by atoms with E-state index in [1.807, 2.05) is 30.3 Å². The Labute approximate surface area is 182 Å². The van der Waals surface area contributed by atoms with Crippen LogP contribution in [0.3, 0.4) is 0 Å². The number of thioether (sulfide) groups is 1. The molecule has 30 heavy (non-hydrogen) atoms. The number of primary amides is 1. The Kier molecular flexibility index (Phi) is 6.56. The minimum atomic E-state index is -0.456. The van der Waals surface area contributed by atoms with Gasteiger partial charge in [-0.2, -0.15) is 0 Å². The maximum absolute atomic E-state index is 12.7. The molecule has 1 aliphatic rings. The van der Waals surface area contributed by atoms with Gasteiger partial charge in [0, 0.05) is 5.56 Å². The van der Waals surface area contributed by atoms with Crippen LogP contribution in [0.25, 0.3) is 6.08 Å². The summed E-state index contributed by atoms with van der Waals surface area (Å²) in [6, 6.07) is 15.3. The second-order valence-electron chi connectivity index (χ2n) is 8.40. The summed E-state index contributed by atoms with van der Waals surface area (Å²) >= 11 is 1.30. The third-order valence-electron chi connectivity index (χ3n) is 5.04. The van der Waals surface area contributed by atoms with Gasteiger partial charge in [-0.25, -0.2) is 0 Å². The average molecular weight is 425 g/mol. The molecule has 1 heterocycles. The Morgan fingerprint density at radius 3 is 2.30 bits per heavy atom. The minimum Gasteiger partial charge on any atom is -0.486 e. The largest absolute Gasteiger partial charge is 0.486 e.